The largest absolute Gasteiger partial charge is 0.507 e. The monoisotopic (exact) mass is 317 g/mol. The summed E-state index contributed by atoms with van der Waals surface area (Å²) in [4.78, 5) is 14.9. The molecule has 0 bridgehead atoms. The molecule has 128 valence electrons. The lowest BCUT2D eigenvalue weighted by atomic mass is 9.78. The van der Waals surface area contributed by atoms with Gasteiger partial charge in [0.2, 0.25) is 0 Å². The van der Waals surface area contributed by atoms with Gasteiger partial charge in [0.05, 0.1) is 0 Å². The van der Waals surface area contributed by atoms with Crippen molar-refractivity contribution in [3.63, 3.8) is 0 Å². The van der Waals surface area contributed by atoms with E-state index in [1.165, 1.54) is 6.42 Å². The number of phenolic OH excluding ortho intramolecular Hbond substituents is 1. The van der Waals surface area contributed by atoms with Gasteiger partial charge in [-0.05, 0) is 42.2 Å². The van der Waals surface area contributed by atoms with Gasteiger partial charge in [-0.1, -0.05) is 41.5 Å². The molecule has 1 fully saturated rings. The number of likely N-dealkylation sites (tertiary alicyclic amines) is 1. The van der Waals surface area contributed by atoms with Crippen LogP contribution in [0.5, 0.6) is 5.75 Å². The molecule has 1 heterocycles. The number of benzene rings is 1. The lowest BCUT2D eigenvalue weighted by Crippen LogP contribution is -2.36. The third-order valence-corrected chi connectivity index (χ3v) is 4.62. The van der Waals surface area contributed by atoms with Crippen LogP contribution in [0, 0.1) is 0 Å². The molecule has 3 heteroatoms. The molecule has 1 saturated heterocycles. The van der Waals surface area contributed by atoms with Crippen LogP contribution in [0.15, 0.2) is 12.1 Å². The zero-order valence-electron chi connectivity index (χ0n) is 15.5. The predicted molar refractivity (Wildman–Crippen MR) is 95.3 cm³/mol. The molecule has 2 rings (SSSR count). The van der Waals surface area contributed by atoms with Gasteiger partial charge in [0.25, 0.3) is 5.91 Å². The van der Waals surface area contributed by atoms with E-state index in [0.717, 1.165) is 37.1 Å². The molecule has 0 saturated carbocycles. The van der Waals surface area contributed by atoms with Gasteiger partial charge in [0.15, 0.2) is 0 Å². The highest BCUT2D eigenvalue weighted by Crippen LogP contribution is 2.40. The van der Waals surface area contributed by atoms with Crippen molar-refractivity contribution in [2.75, 3.05) is 13.1 Å². The molecule has 1 aromatic rings. The number of phenols is 1. The van der Waals surface area contributed by atoms with Gasteiger partial charge >= 0.3 is 0 Å². The highest BCUT2D eigenvalue weighted by atomic mass is 16.3. The van der Waals surface area contributed by atoms with E-state index in [9.17, 15) is 9.90 Å². The minimum Gasteiger partial charge on any atom is -0.507 e. The maximum atomic E-state index is 12.9. The maximum Gasteiger partial charge on any atom is 0.253 e. The Balaban J connectivity index is 2.53. The Hall–Kier alpha value is -1.51. The molecule has 1 amide bonds. The van der Waals surface area contributed by atoms with Gasteiger partial charge in [-0.3, -0.25) is 4.79 Å². The van der Waals surface area contributed by atoms with Gasteiger partial charge in [-0.15, -0.1) is 0 Å². The lowest BCUT2D eigenvalue weighted by molar-refractivity contribution is 0.0724. The predicted octanol–water partition coefficient (Wildman–Crippen LogP) is 4.61. The van der Waals surface area contributed by atoms with Crippen LogP contribution in [-0.2, 0) is 10.8 Å². The zero-order valence-corrected chi connectivity index (χ0v) is 15.5. The lowest BCUT2D eigenvalue weighted by Gasteiger charge is -2.30. The summed E-state index contributed by atoms with van der Waals surface area (Å²) in [5, 5.41) is 10.8. The van der Waals surface area contributed by atoms with Crippen LogP contribution in [0.2, 0.25) is 0 Å². The number of carbonyl (C=O) groups excluding carboxylic acids is 1. The first kappa shape index (κ1) is 17.8. The fourth-order valence-corrected chi connectivity index (χ4v) is 3.18. The first-order chi connectivity index (χ1) is 10.5. The van der Waals surface area contributed by atoms with E-state index < -0.39 is 0 Å². The molecular formula is C20H31NO2. The number of hydrogen-bond acceptors (Lipinski definition) is 2. The summed E-state index contributed by atoms with van der Waals surface area (Å²) in [6.45, 7) is 14.1. The molecular weight excluding hydrogens is 286 g/mol. The van der Waals surface area contributed by atoms with Crippen LogP contribution in [-0.4, -0.2) is 29.0 Å². The van der Waals surface area contributed by atoms with Crippen molar-refractivity contribution in [2.24, 2.45) is 0 Å². The minimum atomic E-state index is -0.206. The smallest absolute Gasteiger partial charge is 0.253 e. The van der Waals surface area contributed by atoms with Crippen LogP contribution < -0.4 is 0 Å². The van der Waals surface area contributed by atoms with Crippen LogP contribution in [0.25, 0.3) is 0 Å². The molecule has 0 atom stereocenters. The Morgan fingerprint density at radius 3 is 1.74 bits per heavy atom. The van der Waals surface area contributed by atoms with Crippen molar-refractivity contribution in [3.8, 4) is 5.75 Å². The Morgan fingerprint density at radius 2 is 1.35 bits per heavy atom. The summed E-state index contributed by atoms with van der Waals surface area (Å²) in [5.41, 5.74) is 2.00. The number of rotatable bonds is 1. The molecule has 1 N–H and O–H groups in total. The standard InChI is InChI=1S/C20H31NO2/c1-19(2,3)15-12-14(13-16(17(15)22)20(4,5)6)18(23)21-10-8-7-9-11-21/h12-13,22H,7-11H2,1-6H3. The topological polar surface area (TPSA) is 40.5 Å². The minimum absolute atomic E-state index is 0.0979. The molecule has 0 aliphatic carbocycles. The quantitative estimate of drug-likeness (QED) is 0.821. The van der Waals surface area contributed by atoms with Crippen molar-refractivity contribution in [3.05, 3.63) is 28.8 Å². The number of aromatic hydroxyl groups is 1. The number of nitrogens with zero attached hydrogens (tertiary/aromatic N) is 1. The van der Waals surface area contributed by atoms with Gasteiger partial charge < -0.3 is 10.0 Å². The molecule has 0 spiro atoms. The number of amides is 1. The first-order valence-corrected chi connectivity index (χ1v) is 8.69. The Bertz CT molecular complexity index is 550. The second-order valence-corrected chi connectivity index (χ2v) is 8.77. The summed E-state index contributed by atoms with van der Waals surface area (Å²) < 4.78 is 0. The molecule has 3 nitrogen and oxygen atoms in total. The third-order valence-electron chi connectivity index (χ3n) is 4.62. The molecule has 1 aliphatic heterocycles. The van der Waals surface area contributed by atoms with Crippen molar-refractivity contribution < 1.29 is 9.90 Å². The second kappa shape index (κ2) is 6.18. The Morgan fingerprint density at radius 1 is 0.913 bits per heavy atom. The first-order valence-electron chi connectivity index (χ1n) is 8.69. The third kappa shape index (κ3) is 3.88. The van der Waals surface area contributed by atoms with Gasteiger partial charge in [-0.2, -0.15) is 0 Å². The molecule has 23 heavy (non-hydrogen) atoms. The molecule has 1 aliphatic rings. The molecule has 0 aromatic heterocycles. The number of hydrogen-bond donors (Lipinski definition) is 1. The van der Waals surface area contributed by atoms with E-state index in [1.54, 1.807) is 0 Å². The highest BCUT2D eigenvalue weighted by molar-refractivity contribution is 5.95. The van der Waals surface area contributed by atoms with Crippen LogP contribution >= 0.6 is 0 Å². The summed E-state index contributed by atoms with van der Waals surface area (Å²) in [6.07, 6.45) is 3.38. The van der Waals surface area contributed by atoms with Gasteiger partial charge in [-0.25, -0.2) is 0 Å². The summed E-state index contributed by atoms with van der Waals surface area (Å²) in [6, 6.07) is 3.78. The maximum absolute atomic E-state index is 12.9. The van der Waals surface area contributed by atoms with Gasteiger partial charge in [0, 0.05) is 29.8 Å². The fraction of sp³-hybridized carbons (Fsp3) is 0.650. The van der Waals surface area contributed by atoms with Crippen LogP contribution in [0.1, 0.15) is 82.3 Å². The van der Waals surface area contributed by atoms with E-state index in [0.29, 0.717) is 11.3 Å². The number of carbonyl (C=O) groups is 1. The molecule has 0 unspecified atom stereocenters. The summed E-state index contributed by atoms with van der Waals surface area (Å²) in [5.74, 6) is 0.431. The SMILES string of the molecule is CC(C)(C)c1cc(C(=O)N2CCCCC2)cc(C(C)(C)C)c1O. The zero-order chi connectivity index (χ0) is 17.4. The van der Waals surface area contributed by atoms with E-state index in [4.69, 9.17) is 0 Å². The van der Waals surface area contributed by atoms with E-state index in [1.807, 2.05) is 17.0 Å². The van der Waals surface area contributed by atoms with Crippen molar-refractivity contribution in [2.45, 2.75) is 71.6 Å². The Labute approximate surface area is 140 Å². The second-order valence-electron chi connectivity index (χ2n) is 8.77. The summed E-state index contributed by atoms with van der Waals surface area (Å²) >= 11 is 0. The van der Waals surface area contributed by atoms with E-state index >= 15 is 0 Å². The Kier molecular flexibility index (Phi) is 4.79. The van der Waals surface area contributed by atoms with Crippen molar-refractivity contribution in [1.29, 1.82) is 0 Å². The average molecular weight is 317 g/mol. The van der Waals surface area contributed by atoms with E-state index in [2.05, 4.69) is 41.5 Å². The fourth-order valence-electron chi connectivity index (χ4n) is 3.18. The number of piperidine rings is 1. The van der Waals surface area contributed by atoms with Crippen molar-refractivity contribution >= 4 is 5.91 Å². The normalized spacial score (nSPS) is 16.5. The van der Waals surface area contributed by atoms with Crippen LogP contribution in [0.4, 0.5) is 0 Å². The average Bonchev–Trinajstić information content (AvgIpc) is 2.45. The highest BCUT2D eigenvalue weighted by Gasteiger charge is 2.29. The van der Waals surface area contributed by atoms with E-state index in [-0.39, 0.29) is 16.7 Å². The van der Waals surface area contributed by atoms with Gasteiger partial charge in [0.1, 0.15) is 5.75 Å². The van der Waals surface area contributed by atoms with Crippen molar-refractivity contribution in [1.82, 2.24) is 4.90 Å². The molecule has 0 radical (unpaired) electrons. The van der Waals surface area contributed by atoms with Crippen LogP contribution in [0.3, 0.4) is 0 Å². The summed E-state index contributed by atoms with van der Waals surface area (Å²) in [7, 11) is 0. The molecule has 1 aromatic carbocycles.